The number of nitrogens with zero attached hydrogens (tertiary/aromatic N) is 3. The molecule has 224 valence electrons. The summed E-state index contributed by atoms with van der Waals surface area (Å²) >= 11 is 0. The summed E-state index contributed by atoms with van der Waals surface area (Å²) in [6, 6.07) is 4.05. The van der Waals surface area contributed by atoms with Gasteiger partial charge in [0.05, 0.1) is 29.6 Å². The fourth-order valence-electron chi connectivity index (χ4n) is 7.16. The zero-order chi connectivity index (χ0) is 31.0. The Hall–Kier alpha value is -3.87. The summed E-state index contributed by atoms with van der Waals surface area (Å²) in [4.78, 5) is 72.4. The molecular formula is C30H36N4O8. The van der Waals surface area contributed by atoms with Gasteiger partial charge in [0.2, 0.25) is 5.91 Å². The van der Waals surface area contributed by atoms with Crippen LogP contribution in [-0.4, -0.2) is 103 Å². The smallest absolute Gasteiger partial charge is 0.235 e. The predicted octanol–water partition coefficient (Wildman–Crippen LogP) is 0.255. The molecule has 3 aliphatic carbocycles. The van der Waals surface area contributed by atoms with E-state index in [9.17, 15) is 34.2 Å². The fraction of sp³-hybridized carbons (Fsp3) is 0.500. The lowest BCUT2D eigenvalue weighted by molar-refractivity contribution is -0.181. The van der Waals surface area contributed by atoms with Gasteiger partial charge in [0.15, 0.2) is 34.7 Å². The number of fused-ring (bicyclic) bond motifs is 3. The van der Waals surface area contributed by atoms with Crippen LogP contribution in [0.25, 0.3) is 11.3 Å². The van der Waals surface area contributed by atoms with Crippen LogP contribution < -0.4 is 10.6 Å². The van der Waals surface area contributed by atoms with Crippen LogP contribution in [0.3, 0.4) is 0 Å². The Labute approximate surface area is 243 Å². The van der Waals surface area contributed by atoms with Gasteiger partial charge in [-0.1, -0.05) is 0 Å². The minimum atomic E-state index is -2.77. The molecule has 1 aromatic heterocycles. The number of aromatic hydroxyl groups is 1. The first-order valence-corrected chi connectivity index (χ1v) is 13.8. The maximum atomic E-state index is 14.2. The topological polar surface area (TPSA) is 175 Å². The quantitative estimate of drug-likeness (QED) is 0.400. The van der Waals surface area contributed by atoms with Gasteiger partial charge in [-0.3, -0.25) is 28.9 Å². The zero-order valence-corrected chi connectivity index (χ0v) is 24.5. The van der Waals surface area contributed by atoms with E-state index >= 15 is 0 Å². The third kappa shape index (κ3) is 4.19. The van der Waals surface area contributed by atoms with Crippen LogP contribution in [-0.2, 0) is 32.1 Å². The second-order valence-electron chi connectivity index (χ2n) is 12.3. The Balaban J connectivity index is 1.65. The summed E-state index contributed by atoms with van der Waals surface area (Å²) in [5.41, 5.74) is 3.96. The highest BCUT2D eigenvalue weighted by Gasteiger charge is 2.69. The minimum Gasteiger partial charge on any atom is -0.506 e. The van der Waals surface area contributed by atoms with Crippen molar-refractivity contribution in [1.29, 1.82) is 0 Å². The van der Waals surface area contributed by atoms with E-state index in [1.54, 1.807) is 51.3 Å². The van der Waals surface area contributed by atoms with Gasteiger partial charge < -0.3 is 30.2 Å². The molecule has 4 N–H and O–H groups in total. The van der Waals surface area contributed by atoms with Crippen molar-refractivity contribution in [2.45, 2.75) is 31.0 Å². The van der Waals surface area contributed by atoms with Gasteiger partial charge in [0.25, 0.3) is 0 Å². The molecule has 42 heavy (non-hydrogen) atoms. The normalized spacial score (nSPS) is 29.0. The number of hydrogen-bond acceptors (Lipinski definition) is 11. The fourth-order valence-corrected chi connectivity index (χ4v) is 7.16. The van der Waals surface area contributed by atoms with Gasteiger partial charge in [0, 0.05) is 25.7 Å². The molecule has 0 saturated heterocycles. The molecule has 3 aliphatic rings. The average Bonchev–Trinajstić information content (AvgIpc) is 3.33. The predicted molar refractivity (Wildman–Crippen MR) is 151 cm³/mol. The number of phenolic OH excluding ortho intramolecular Hbond substituents is 1. The molecule has 2 unspecified atom stereocenters. The number of ketones is 4. The first-order valence-electron chi connectivity index (χ1n) is 13.8. The van der Waals surface area contributed by atoms with Crippen LogP contribution in [0.15, 0.2) is 22.6 Å². The van der Waals surface area contributed by atoms with Crippen LogP contribution in [0.2, 0.25) is 0 Å². The number of primary amides is 1. The van der Waals surface area contributed by atoms with E-state index in [2.05, 4.69) is 0 Å². The van der Waals surface area contributed by atoms with Gasteiger partial charge in [-0.25, -0.2) is 0 Å². The molecule has 0 radical (unpaired) electrons. The number of carbonyl (C=O) groups is 5. The van der Waals surface area contributed by atoms with Crippen LogP contribution in [0.1, 0.15) is 28.1 Å². The molecule has 0 spiro atoms. The maximum Gasteiger partial charge on any atom is 0.235 e. The molecule has 1 amide bonds. The second kappa shape index (κ2) is 10.1. The number of benzene rings is 1. The lowest BCUT2D eigenvalue weighted by Crippen LogP contribution is -2.74. The van der Waals surface area contributed by atoms with E-state index in [1.807, 2.05) is 19.0 Å². The van der Waals surface area contributed by atoms with Crippen molar-refractivity contribution >= 4 is 34.7 Å². The molecule has 12 heteroatoms. The molecule has 6 atom stereocenters. The summed E-state index contributed by atoms with van der Waals surface area (Å²) in [7, 11) is 10.5. The summed E-state index contributed by atoms with van der Waals surface area (Å²) in [6.45, 7) is 0.514. The van der Waals surface area contributed by atoms with Gasteiger partial charge in [-0.15, -0.1) is 0 Å². The molecule has 0 aliphatic heterocycles. The van der Waals surface area contributed by atoms with Crippen molar-refractivity contribution in [2.75, 3.05) is 47.2 Å². The second-order valence-corrected chi connectivity index (χ2v) is 12.3. The molecule has 5 rings (SSSR count). The first-order chi connectivity index (χ1) is 19.6. The number of carbonyl (C=O) groups excluding carboxylic acids is 5. The third-order valence-corrected chi connectivity index (χ3v) is 8.92. The summed E-state index contributed by atoms with van der Waals surface area (Å²) in [6.07, 6.45) is 0.169. The minimum absolute atomic E-state index is 0.00857. The number of Topliss-reactive ketones (excluding diaryl/α,β-unsaturated/α-hetero) is 4. The highest BCUT2D eigenvalue weighted by molar-refractivity contribution is 6.32. The lowest BCUT2D eigenvalue weighted by atomic mass is 9.52. The number of likely N-dealkylation sites (N-methyl/N-ethyl adjacent to an activating group) is 1. The van der Waals surface area contributed by atoms with E-state index in [0.717, 1.165) is 0 Å². The molecule has 0 bridgehead atoms. The average molecular weight is 581 g/mol. The Bertz CT molecular complexity index is 1530. The molecule has 2 fully saturated rings. The number of aliphatic hydroxyl groups is 1. The number of phenols is 1. The van der Waals surface area contributed by atoms with Crippen molar-refractivity contribution in [3.8, 4) is 17.1 Å². The van der Waals surface area contributed by atoms with Crippen molar-refractivity contribution in [1.82, 2.24) is 9.80 Å². The van der Waals surface area contributed by atoms with Crippen molar-refractivity contribution in [3.05, 3.63) is 35.1 Å². The number of anilines is 1. The number of rotatable bonds is 6. The monoisotopic (exact) mass is 580 g/mol. The van der Waals surface area contributed by atoms with Crippen LogP contribution in [0.5, 0.6) is 5.75 Å². The van der Waals surface area contributed by atoms with Gasteiger partial charge >= 0.3 is 0 Å². The Morgan fingerprint density at radius 1 is 1.07 bits per heavy atom. The third-order valence-electron chi connectivity index (χ3n) is 8.92. The first kappa shape index (κ1) is 29.6. The zero-order valence-electron chi connectivity index (χ0n) is 24.5. The van der Waals surface area contributed by atoms with Crippen LogP contribution in [0.4, 0.5) is 5.69 Å². The number of amides is 1. The molecule has 1 aromatic carbocycles. The Morgan fingerprint density at radius 3 is 2.31 bits per heavy atom. The summed E-state index contributed by atoms with van der Waals surface area (Å²) in [5, 5.41) is 23.3. The van der Waals surface area contributed by atoms with Gasteiger partial charge in [0.1, 0.15) is 17.3 Å². The van der Waals surface area contributed by atoms with Crippen LogP contribution in [0, 0.1) is 23.7 Å². The van der Waals surface area contributed by atoms with Gasteiger partial charge in [-0.05, 0) is 70.7 Å². The number of furan rings is 1. The Kier molecular flexibility index (Phi) is 7.15. The Morgan fingerprint density at radius 2 is 1.74 bits per heavy atom. The highest BCUT2D eigenvalue weighted by atomic mass is 16.3. The van der Waals surface area contributed by atoms with Gasteiger partial charge in [-0.2, -0.15) is 0 Å². The van der Waals surface area contributed by atoms with Crippen molar-refractivity contribution in [2.24, 2.45) is 29.4 Å². The van der Waals surface area contributed by atoms with Crippen molar-refractivity contribution < 1.29 is 38.6 Å². The highest BCUT2D eigenvalue weighted by Crippen LogP contribution is 2.53. The van der Waals surface area contributed by atoms with E-state index in [0.29, 0.717) is 29.3 Å². The number of nitrogens with two attached hydrogens (primary N) is 1. The molecule has 1 heterocycles. The summed E-state index contributed by atoms with van der Waals surface area (Å²) < 4.78 is 5.97. The maximum absolute atomic E-state index is 14.2. The molecule has 2 aromatic rings. The summed E-state index contributed by atoms with van der Waals surface area (Å²) in [5.74, 6) is -9.84. The number of hydrogen-bond donors (Lipinski definition) is 3. The molecule has 12 nitrogen and oxygen atoms in total. The van der Waals surface area contributed by atoms with E-state index in [4.69, 9.17) is 10.2 Å². The van der Waals surface area contributed by atoms with Crippen molar-refractivity contribution in [3.63, 3.8) is 0 Å². The molecule has 2 saturated carbocycles. The molecular weight excluding hydrogens is 544 g/mol. The standard InChI is InChI=1S/C30H36N4O8/c1-32(2)12-14-7-8-19(42-14)16-11-18(33(3)4)15-9-13-10-17-23(34(5)6)26(37)22(29(31)40)28(39)30(17,41)27(38)20(13)25(36)21(15)24(16)35/h7-8,11,13,17,20,22-23,35,41H,9-10,12H2,1-6H3,(H2,31,40)/t13-,17-,20?,22?,23-,30-/m1/s1. The van der Waals surface area contributed by atoms with E-state index < -0.39 is 64.4 Å². The largest absolute Gasteiger partial charge is 0.506 e. The lowest BCUT2D eigenvalue weighted by Gasteiger charge is -2.52. The van der Waals surface area contributed by atoms with E-state index in [-0.39, 0.29) is 29.7 Å². The van der Waals surface area contributed by atoms with Crippen LogP contribution >= 0.6 is 0 Å². The SMILES string of the molecule is CN(C)Cc1ccc(-c2cc(N(C)C)c3c(c2O)C(=O)C2C(=O)[C@@]4(O)C(=O)C(C(N)=O)C(=O)[C@H](N(C)C)[C@H]4C[C@H]2C3)o1. The van der Waals surface area contributed by atoms with E-state index in [1.165, 1.54) is 4.90 Å².